The number of hydrogen-bond donors (Lipinski definition) is 0. The number of amides is 1. The average molecular weight is 382 g/mol. The van der Waals surface area contributed by atoms with Gasteiger partial charge in [0.15, 0.2) is 11.5 Å². The van der Waals surface area contributed by atoms with Gasteiger partial charge in [-0.25, -0.2) is 4.79 Å². The topological polar surface area (TPSA) is 68.3 Å². The average Bonchev–Trinajstić information content (AvgIpc) is 3.21. The van der Waals surface area contributed by atoms with E-state index in [9.17, 15) is 9.59 Å². The van der Waals surface area contributed by atoms with Gasteiger partial charge in [0.05, 0.1) is 17.9 Å². The van der Waals surface area contributed by atoms with E-state index >= 15 is 0 Å². The number of hydrogen-bond acceptors (Lipinski definition) is 6. The predicted octanol–water partition coefficient (Wildman–Crippen LogP) is 2.55. The first-order valence-corrected chi connectivity index (χ1v) is 9.37. The molecule has 1 amide bonds. The molecule has 7 nitrogen and oxygen atoms in total. The van der Waals surface area contributed by atoms with Crippen LogP contribution < -0.4 is 14.4 Å². The summed E-state index contributed by atoms with van der Waals surface area (Å²) >= 11 is 0. The Morgan fingerprint density at radius 2 is 1.75 bits per heavy atom. The lowest BCUT2D eigenvalue weighted by Gasteiger charge is -2.36. The van der Waals surface area contributed by atoms with Crippen LogP contribution in [0.5, 0.6) is 11.5 Å². The highest BCUT2D eigenvalue weighted by Crippen LogP contribution is 2.33. The van der Waals surface area contributed by atoms with Gasteiger partial charge in [-0.05, 0) is 37.3 Å². The molecular formula is C21H22N2O5. The number of esters is 1. The summed E-state index contributed by atoms with van der Waals surface area (Å²) in [6, 6.07) is 12.7. The molecule has 28 heavy (non-hydrogen) atoms. The summed E-state index contributed by atoms with van der Waals surface area (Å²) in [6.45, 7) is 4.76. The molecule has 2 aromatic carbocycles. The lowest BCUT2D eigenvalue weighted by atomic mass is 10.1. The monoisotopic (exact) mass is 382 g/mol. The number of rotatable bonds is 4. The van der Waals surface area contributed by atoms with Crippen molar-refractivity contribution in [3.63, 3.8) is 0 Å². The van der Waals surface area contributed by atoms with Crippen molar-refractivity contribution in [1.29, 1.82) is 0 Å². The van der Waals surface area contributed by atoms with Crippen LogP contribution in [-0.2, 0) is 4.74 Å². The minimum atomic E-state index is -0.322. The molecule has 0 unspecified atom stereocenters. The molecule has 0 spiro atoms. The molecule has 1 saturated heterocycles. The molecule has 0 saturated carbocycles. The highest BCUT2D eigenvalue weighted by molar-refractivity contribution is 5.96. The van der Waals surface area contributed by atoms with Gasteiger partial charge in [-0.1, -0.05) is 12.1 Å². The minimum absolute atomic E-state index is 0.0309. The van der Waals surface area contributed by atoms with Crippen molar-refractivity contribution in [2.45, 2.75) is 6.92 Å². The van der Waals surface area contributed by atoms with Crippen LogP contribution in [0.1, 0.15) is 27.6 Å². The molecule has 0 aromatic heterocycles. The highest BCUT2D eigenvalue weighted by atomic mass is 16.7. The highest BCUT2D eigenvalue weighted by Gasteiger charge is 2.26. The Morgan fingerprint density at radius 3 is 2.54 bits per heavy atom. The largest absolute Gasteiger partial charge is 0.462 e. The fourth-order valence-corrected chi connectivity index (χ4v) is 3.49. The van der Waals surface area contributed by atoms with E-state index < -0.39 is 0 Å². The number of nitrogens with zero attached hydrogens (tertiary/aromatic N) is 2. The predicted molar refractivity (Wildman–Crippen MR) is 103 cm³/mol. The lowest BCUT2D eigenvalue weighted by Crippen LogP contribution is -2.49. The van der Waals surface area contributed by atoms with Gasteiger partial charge in [0.2, 0.25) is 6.79 Å². The summed E-state index contributed by atoms with van der Waals surface area (Å²) < 4.78 is 15.8. The second-order valence-electron chi connectivity index (χ2n) is 6.58. The quantitative estimate of drug-likeness (QED) is 0.757. The van der Waals surface area contributed by atoms with Gasteiger partial charge in [0, 0.05) is 31.7 Å². The van der Waals surface area contributed by atoms with E-state index in [1.54, 1.807) is 31.2 Å². The molecule has 0 aliphatic carbocycles. The number of fused-ring (bicyclic) bond motifs is 1. The van der Waals surface area contributed by atoms with Crippen LogP contribution in [0.15, 0.2) is 42.5 Å². The molecule has 1 fully saturated rings. The fourth-order valence-electron chi connectivity index (χ4n) is 3.49. The van der Waals surface area contributed by atoms with Crippen molar-refractivity contribution in [2.75, 3.05) is 44.5 Å². The molecule has 0 bridgehead atoms. The van der Waals surface area contributed by atoms with Crippen molar-refractivity contribution in [1.82, 2.24) is 4.90 Å². The second-order valence-corrected chi connectivity index (χ2v) is 6.58. The normalized spacial score (nSPS) is 15.5. The van der Waals surface area contributed by atoms with E-state index in [2.05, 4.69) is 4.90 Å². The van der Waals surface area contributed by atoms with E-state index in [0.717, 1.165) is 5.69 Å². The summed E-state index contributed by atoms with van der Waals surface area (Å²) in [5.74, 6) is 0.915. The number of benzene rings is 2. The Hall–Kier alpha value is -3.22. The Kier molecular flexibility index (Phi) is 5.06. The first kappa shape index (κ1) is 18.2. The third-order valence-corrected chi connectivity index (χ3v) is 4.93. The summed E-state index contributed by atoms with van der Waals surface area (Å²) in [5.41, 5.74) is 1.99. The van der Waals surface area contributed by atoms with Crippen molar-refractivity contribution in [3.8, 4) is 11.5 Å². The Balaban J connectivity index is 1.44. The number of carbonyl (C=O) groups excluding carboxylic acids is 2. The lowest BCUT2D eigenvalue weighted by molar-refractivity contribution is 0.0526. The number of carbonyl (C=O) groups is 2. The molecule has 2 aromatic rings. The third-order valence-electron chi connectivity index (χ3n) is 4.93. The van der Waals surface area contributed by atoms with Crippen molar-refractivity contribution >= 4 is 17.6 Å². The zero-order valence-corrected chi connectivity index (χ0v) is 15.7. The Bertz CT molecular complexity index is 890. The van der Waals surface area contributed by atoms with Gasteiger partial charge in [-0.3, -0.25) is 4.79 Å². The van der Waals surface area contributed by atoms with Gasteiger partial charge in [0.25, 0.3) is 5.91 Å². The molecule has 2 aliphatic heterocycles. The SMILES string of the molecule is CCOC(=O)c1ccccc1N1CCN(C(=O)c2ccc3c(c2)OCO3)CC1. The van der Waals surface area contributed by atoms with Crippen molar-refractivity contribution in [2.24, 2.45) is 0 Å². The van der Waals surface area contributed by atoms with Gasteiger partial charge < -0.3 is 24.0 Å². The van der Waals surface area contributed by atoms with Crippen LogP contribution in [0.4, 0.5) is 5.69 Å². The summed E-state index contributed by atoms with van der Waals surface area (Å²) in [4.78, 5) is 29.0. The van der Waals surface area contributed by atoms with E-state index in [-0.39, 0.29) is 18.7 Å². The number of para-hydroxylation sites is 1. The van der Waals surface area contributed by atoms with Crippen LogP contribution in [-0.4, -0.2) is 56.4 Å². The second kappa shape index (κ2) is 7.80. The first-order valence-electron chi connectivity index (χ1n) is 9.37. The number of ether oxygens (including phenoxy) is 3. The summed E-state index contributed by atoms with van der Waals surface area (Å²) in [6.07, 6.45) is 0. The number of piperazine rings is 1. The molecule has 4 rings (SSSR count). The van der Waals surface area contributed by atoms with E-state index in [1.165, 1.54) is 0 Å². The van der Waals surface area contributed by atoms with E-state index in [1.807, 2.05) is 23.1 Å². The molecular weight excluding hydrogens is 360 g/mol. The van der Waals surface area contributed by atoms with Gasteiger partial charge in [-0.15, -0.1) is 0 Å². The molecule has 2 heterocycles. The molecule has 0 N–H and O–H groups in total. The zero-order chi connectivity index (χ0) is 19.5. The smallest absolute Gasteiger partial charge is 0.340 e. The maximum atomic E-state index is 12.8. The van der Waals surface area contributed by atoms with Gasteiger partial charge >= 0.3 is 5.97 Å². The number of anilines is 1. The molecule has 0 atom stereocenters. The standard InChI is InChI=1S/C21H22N2O5/c1-2-26-21(25)16-5-3-4-6-17(16)22-9-11-23(12-10-22)20(24)15-7-8-18-19(13-15)28-14-27-18/h3-8,13H,2,9-12,14H2,1H3. The van der Waals surface area contributed by atoms with Crippen LogP contribution in [0.25, 0.3) is 0 Å². The van der Waals surface area contributed by atoms with E-state index in [0.29, 0.717) is 55.4 Å². The van der Waals surface area contributed by atoms with Crippen LogP contribution in [0, 0.1) is 0 Å². The molecule has 7 heteroatoms. The van der Waals surface area contributed by atoms with Crippen LogP contribution >= 0.6 is 0 Å². The van der Waals surface area contributed by atoms with Crippen LogP contribution in [0.3, 0.4) is 0 Å². The van der Waals surface area contributed by atoms with E-state index in [4.69, 9.17) is 14.2 Å². The summed E-state index contributed by atoms with van der Waals surface area (Å²) in [7, 11) is 0. The van der Waals surface area contributed by atoms with Crippen molar-refractivity contribution < 1.29 is 23.8 Å². The van der Waals surface area contributed by atoms with Crippen LogP contribution in [0.2, 0.25) is 0 Å². The van der Waals surface area contributed by atoms with Gasteiger partial charge in [-0.2, -0.15) is 0 Å². The fraction of sp³-hybridized carbons (Fsp3) is 0.333. The molecule has 146 valence electrons. The maximum absolute atomic E-state index is 12.8. The first-order chi connectivity index (χ1) is 13.7. The third kappa shape index (κ3) is 3.47. The zero-order valence-electron chi connectivity index (χ0n) is 15.7. The molecule has 2 aliphatic rings. The summed E-state index contributed by atoms with van der Waals surface area (Å²) in [5, 5.41) is 0. The maximum Gasteiger partial charge on any atom is 0.340 e. The minimum Gasteiger partial charge on any atom is -0.462 e. The Morgan fingerprint density at radius 1 is 1.00 bits per heavy atom. The molecule has 0 radical (unpaired) electrons. The van der Waals surface area contributed by atoms with Gasteiger partial charge in [0.1, 0.15) is 0 Å². The Labute approximate surface area is 163 Å². The van der Waals surface area contributed by atoms with Crippen molar-refractivity contribution in [3.05, 3.63) is 53.6 Å².